The zero-order chi connectivity index (χ0) is 20.5. The number of rotatable bonds is 11. The summed E-state index contributed by atoms with van der Waals surface area (Å²) in [6.07, 6.45) is 6.67. The molecule has 1 aliphatic rings. The Kier molecular flexibility index (Phi) is 9.33. The van der Waals surface area contributed by atoms with Crippen molar-refractivity contribution < 1.29 is 14.2 Å². The van der Waals surface area contributed by atoms with Crippen LogP contribution >= 0.6 is 0 Å². The maximum absolute atomic E-state index is 5.92. The van der Waals surface area contributed by atoms with Crippen molar-refractivity contribution in [2.24, 2.45) is 17.8 Å². The van der Waals surface area contributed by atoms with Crippen LogP contribution in [0.3, 0.4) is 0 Å². The van der Waals surface area contributed by atoms with Gasteiger partial charge in [0.25, 0.3) is 0 Å². The van der Waals surface area contributed by atoms with Crippen molar-refractivity contribution in [3.05, 3.63) is 36.4 Å². The van der Waals surface area contributed by atoms with Crippen molar-refractivity contribution in [1.82, 2.24) is 4.90 Å². The molecule has 158 valence electrons. The van der Waals surface area contributed by atoms with E-state index in [1.54, 1.807) is 7.11 Å². The Morgan fingerprint density at radius 3 is 2.68 bits per heavy atom. The Morgan fingerprint density at radius 2 is 2.00 bits per heavy atom. The average molecular weight is 390 g/mol. The summed E-state index contributed by atoms with van der Waals surface area (Å²) in [5.41, 5.74) is 1.17. The van der Waals surface area contributed by atoms with Crippen molar-refractivity contribution in [2.45, 2.75) is 52.5 Å². The highest BCUT2D eigenvalue weighted by Gasteiger charge is 2.33. The van der Waals surface area contributed by atoms with Crippen LogP contribution in [0.2, 0.25) is 0 Å². The van der Waals surface area contributed by atoms with Gasteiger partial charge in [-0.2, -0.15) is 0 Å². The molecular formula is C24H39NO3. The predicted molar refractivity (Wildman–Crippen MR) is 116 cm³/mol. The van der Waals surface area contributed by atoms with Crippen LogP contribution in [-0.2, 0) is 11.2 Å². The number of benzene rings is 1. The van der Waals surface area contributed by atoms with E-state index >= 15 is 0 Å². The van der Waals surface area contributed by atoms with Gasteiger partial charge in [-0.25, -0.2) is 0 Å². The van der Waals surface area contributed by atoms with Crippen molar-refractivity contribution in [1.29, 1.82) is 0 Å². The Balaban J connectivity index is 1.77. The second kappa shape index (κ2) is 11.5. The first-order valence-corrected chi connectivity index (χ1v) is 10.6. The highest BCUT2D eigenvalue weighted by molar-refractivity contribution is 5.43. The lowest BCUT2D eigenvalue weighted by atomic mass is 9.73. The van der Waals surface area contributed by atoms with Crippen LogP contribution in [0.5, 0.6) is 11.5 Å². The maximum Gasteiger partial charge on any atom is 0.161 e. The fourth-order valence-electron chi connectivity index (χ4n) is 4.30. The maximum atomic E-state index is 5.92. The molecule has 1 aliphatic carbocycles. The second-order valence-corrected chi connectivity index (χ2v) is 8.51. The summed E-state index contributed by atoms with van der Waals surface area (Å²) in [4.78, 5) is 2.39. The van der Waals surface area contributed by atoms with Crippen LogP contribution in [0, 0.1) is 17.8 Å². The minimum absolute atomic E-state index is 0.514. The Labute approximate surface area is 171 Å². The third-order valence-corrected chi connectivity index (χ3v) is 5.94. The minimum atomic E-state index is 0.514. The standard InChI is InChI=1S/C24H39NO3/c1-7-8-20-10-12-23(24(16-20)26-6)28-14-13-27-17-25(5)22-15-19(4)9-11-21(22)18(2)3/h7,10,12,16,18-19,21-22H,1,8-9,11,13-15,17H2,2-6H3. The summed E-state index contributed by atoms with van der Waals surface area (Å²) in [5, 5.41) is 0. The van der Waals surface area contributed by atoms with E-state index < -0.39 is 0 Å². The molecule has 0 aromatic heterocycles. The van der Waals surface area contributed by atoms with E-state index in [0.29, 0.717) is 26.0 Å². The van der Waals surface area contributed by atoms with Crippen molar-refractivity contribution in [3.8, 4) is 11.5 Å². The van der Waals surface area contributed by atoms with Crippen LogP contribution in [0.4, 0.5) is 0 Å². The first-order chi connectivity index (χ1) is 13.5. The second-order valence-electron chi connectivity index (χ2n) is 8.51. The fourth-order valence-corrected chi connectivity index (χ4v) is 4.30. The number of methoxy groups -OCH3 is 1. The highest BCUT2D eigenvalue weighted by atomic mass is 16.5. The monoisotopic (exact) mass is 389 g/mol. The zero-order valence-corrected chi connectivity index (χ0v) is 18.4. The number of hydrogen-bond acceptors (Lipinski definition) is 4. The minimum Gasteiger partial charge on any atom is -0.493 e. The fraction of sp³-hybridized carbons (Fsp3) is 0.667. The molecule has 0 radical (unpaired) electrons. The van der Waals surface area contributed by atoms with Gasteiger partial charge in [0.05, 0.1) is 20.4 Å². The molecule has 1 saturated carbocycles. The Morgan fingerprint density at radius 1 is 1.21 bits per heavy atom. The van der Waals surface area contributed by atoms with Gasteiger partial charge in [0, 0.05) is 6.04 Å². The van der Waals surface area contributed by atoms with E-state index in [1.165, 1.54) is 24.8 Å². The lowest BCUT2D eigenvalue weighted by molar-refractivity contribution is -0.0264. The van der Waals surface area contributed by atoms with Gasteiger partial charge in [0.15, 0.2) is 11.5 Å². The summed E-state index contributed by atoms with van der Waals surface area (Å²) in [5.74, 6) is 3.81. The first-order valence-electron chi connectivity index (χ1n) is 10.6. The largest absolute Gasteiger partial charge is 0.493 e. The van der Waals surface area contributed by atoms with Crippen molar-refractivity contribution in [2.75, 3.05) is 34.1 Å². The summed E-state index contributed by atoms with van der Waals surface area (Å²) >= 11 is 0. The van der Waals surface area contributed by atoms with Crippen molar-refractivity contribution in [3.63, 3.8) is 0 Å². The molecule has 28 heavy (non-hydrogen) atoms. The molecule has 1 aromatic rings. The number of nitrogens with zero attached hydrogens (tertiary/aromatic N) is 1. The molecule has 4 heteroatoms. The zero-order valence-electron chi connectivity index (χ0n) is 18.4. The molecule has 0 bridgehead atoms. The van der Waals surface area contributed by atoms with E-state index in [2.05, 4.69) is 39.3 Å². The van der Waals surface area contributed by atoms with Crippen LogP contribution in [0.15, 0.2) is 30.9 Å². The molecule has 3 unspecified atom stereocenters. The molecular weight excluding hydrogens is 350 g/mol. The van der Waals surface area contributed by atoms with Gasteiger partial charge in [-0.15, -0.1) is 6.58 Å². The van der Waals surface area contributed by atoms with Gasteiger partial charge in [-0.3, -0.25) is 4.90 Å². The van der Waals surface area contributed by atoms with Gasteiger partial charge >= 0.3 is 0 Å². The molecule has 0 saturated heterocycles. The Hall–Kier alpha value is -1.52. The van der Waals surface area contributed by atoms with E-state index in [-0.39, 0.29) is 0 Å². The molecule has 0 amide bonds. The normalized spacial score (nSPS) is 22.5. The van der Waals surface area contributed by atoms with E-state index in [4.69, 9.17) is 14.2 Å². The molecule has 2 rings (SSSR count). The topological polar surface area (TPSA) is 30.9 Å². The molecule has 1 aromatic carbocycles. The summed E-state index contributed by atoms with van der Waals surface area (Å²) < 4.78 is 17.2. The molecule has 0 N–H and O–H groups in total. The Bertz CT molecular complexity index is 602. The molecule has 0 spiro atoms. The molecule has 0 aliphatic heterocycles. The molecule has 0 heterocycles. The number of hydrogen-bond donors (Lipinski definition) is 0. The van der Waals surface area contributed by atoms with Crippen LogP contribution in [0.25, 0.3) is 0 Å². The lowest BCUT2D eigenvalue weighted by Crippen LogP contribution is -2.45. The summed E-state index contributed by atoms with van der Waals surface area (Å²) in [7, 11) is 3.86. The van der Waals surface area contributed by atoms with Gasteiger partial charge < -0.3 is 14.2 Å². The van der Waals surface area contributed by atoms with E-state index in [1.807, 2.05) is 24.3 Å². The van der Waals surface area contributed by atoms with Crippen molar-refractivity contribution >= 4 is 0 Å². The third kappa shape index (κ3) is 6.52. The van der Waals surface area contributed by atoms with Gasteiger partial charge in [-0.1, -0.05) is 39.3 Å². The quantitative estimate of drug-likeness (QED) is 0.297. The SMILES string of the molecule is C=CCc1ccc(OCCOCN(C)C2CC(C)CCC2C(C)C)c(OC)c1. The molecule has 4 nitrogen and oxygen atoms in total. The molecule has 1 fully saturated rings. The third-order valence-electron chi connectivity index (χ3n) is 5.94. The first kappa shape index (κ1) is 22.8. The summed E-state index contributed by atoms with van der Waals surface area (Å²) in [6.45, 7) is 12.6. The summed E-state index contributed by atoms with van der Waals surface area (Å²) in [6, 6.07) is 6.62. The lowest BCUT2D eigenvalue weighted by Gasteiger charge is -2.42. The number of allylic oxidation sites excluding steroid dienone is 1. The smallest absolute Gasteiger partial charge is 0.161 e. The van der Waals surface area contributed by atoms with Gasteiger partial charge in [-0.05, 0) is 61.8 Å². The van der Waals surface area contributed by atoms with Crippen LogP contribution in [-0.4, -0.2) is 45.0 Å². The van der Waals surface area contributed by atoms with E-state index in [9.17, 15) is 0 Å². The van der Waals surface area contributed by atoms with Crippen LogP contribution < -0.4 is 9.47 Å². The van der Waals surface area contributed by atoms with Gasteiger partial charge in [0.1, 0.15) is 6.61 Å². The highest BCUT2D eigenvalue weighted by Crippen LogP contribution is 2.36. The van der Waals surface area contributed by atoms with E-state index in [0.717, 1.165) is 35.7 Å². The molecule has 3 atom stereocenters. The van der Waals surface area contributed by atoms with Crippen LogP contribution in [0.1, 0.15) is 45.6 Å². The van der Waals surface area contributed by atoms with Gasteiger partial charge in [0.2, 0.25) is 0 Å². The number of ether oxygens (including phenoxy) is 3. The predicted octanol–water partition coefficient (Wildman–Crippen LogP) is 5.17. The average Bonchev–Trinajstić information content (AvgIpc) is 2.68.